The number of aryl methyl sites for hydroxylation is 1. The van der Waals surface area contributed by atoms with Gasteiger partial charge < -0.3 is 9.30 Å². The van der Waals surface area contributed by atoms with E-state index in [0.29, 0.717) is 33.3 Å². The van der Waals surface area contributed by atoms with Gasteiger partial charge in [0.05, 0.1) is 28.3 Å². The lowest BCUT2D eigenvalue weighted by Gasteiger charge is -2.06. The van der Waals surface area contributed by atoms with E-state index >= 15 is 0 Å². The van der Waals surface area contributed by atoms with Crippen molar-refractivity contribution >= 4 is 40.8 Å². The molecule has 0 amide bonds. The molecule has 0 saturated carbocycles. The Balaban J connectivity index is 1.80. The van der Waals surface area contributed by atoms with Crippen molar-refractivity contribution in [3.8, 4) is 0 Å². The third kappa shape index (κ3) is 4.35. The highest BCUT2D eigenvalue weighted by Gasteiger charge is 2.15. The van der Waals surface area contributed by atoms with Crippen LogP contribution in [0.4, 0.5) is 0 Å². The summed E-state index contributed by atoms with van der Waals surface area (Å²) in [4.78, 5) is 29.3. The number of ether oxygens (including phenoxy) is 1. The number of nitrogens with zero attached hydrogens (tertiary/aromatic N) is 2. The molecule has 2 heterocycles. The zero-order chi connectivity index (χ0) is 19.4. The molecule has 0 N–H and O–H groups in total. The van der Waals surface area contributed by atoms with E-state index in [1.807, 2.05) is 35.9 Å². The van der Waals surface area contributed by atoms with Crippen LogP contribution in [0, 0.1) is 6.92 Å². The third-order valence-electron chi connectivity index (χ3n) is 3.93. The van der Waals surface area contributed by atoms with E-state index in [1.165, 1.54) is 18.4 Å². The maximum absolute atomic E-state index is 12.6. The number of esters is 1. The van der Waals surface area contributed by atoms with Gasteiger partial charge in [0.2, 0.25) is 5.78 Å². The number of hydrogen-bond acceptors (Lipinski definition) is 5. The Morgan fingerprint density at radius 3 is 2.85 bits per heavy atom. The first-order chi connectivity index (χ1) is 13.0. The second-order valence-electron chi connectivity index (χ2n) is 5.74. The normalized spacial score (nSPS) is 11.1. The quantitative estimate of drug-likeness (QED) is 0.446. The van der Waals surface area contributed by atoms with Crippen LogP contribution in [-0.2, 0) is 11.3 Å². The molecule has 0 aliphatic heterocycles. The van der Waals surface area contributed by atoms with E-state index in [9.17, 15) is 9.59 Å². The van der Waals surface area contributed by atoms with Crippen molar-refractivity contribution < 1.29 is 14.3 Å². The average molecular weight is 401 g/mol. The van der Waals surface area contributed by atoms with Gasteiger partial charge in [-0.1, -0.05) is 29.8 Å². The topological polar surface area (TPSA) is 61.2 Å². The molecule has 0 bridgehead atoms. The van der Waals surface area contributed by atoms with E-state index in [1.54, 1.807) is 30.5 Å². The molecule has 3 rings (SSSR count). The Labute approximate surface area is 165 Å². The molecule has 3 aromatic rings. The number of benzene rings is 1. The van der Waals surface area contributed by atoms with Crippen LogP contribution in [0.15, 0.2) is 48.8 Å². The molecule has 1 aromatic carbocycles. The standard InChI is InChI=1S/C20H17ClN2O3S/c1-13-22-12-18(27-13)19(24)17-6-4-10-23(17)9-3-5-14-7-8-15(21)11-16(14)20(25)26-2/h3-8,10-12H,9H2,1-2H3. The number of methoxy groups -OCH3 is 1. The zero-order valence-electron chi connectivity index (χ0n) is 14.8. The van der Waals surface area contributed by atoms with Crippen LogP contribution in [0.3, 0.4) is 0 Å². The highest BCUT2D eigenvalue weighted by atomic mass is 35.5. The van der Waals surface area contributed by atoms with Gasteiger partial charge in [-0.2, -0.15) is 0 Å². The molecular formula is C20H17ClN2O3S. The van der Waals surface area contributed by atoms with Gasteiger partial charge in [-0.3, -0.25) is 4.79 Å². The van der Waals surface area contributed by atoms with Crippen molar-refractivity contribution in [3.05, 3.63) is 80.5 Å². The fourth-order valence-electron chi connectivity index (χ4n) is 2.63. The summed E-state index contributed by atoms with van der Waals surface area (Å²) in [5, 5.41) is 1.32. The summed E-state index contributed by atoms with van der Waals surface area (Å²) in [7, 11) is 1.33. The second kappa shape index (κ2) is 8.33. The van der Waals surface area contributed by atoms with Gasteiger partial charge >= 0.3 is 5.97 Å². The first-order valence-corrected chi connectivity index (χ1v) is 9.35. The maximum Gasteiger partial charge on any atom is 0.338 e. The molecule has 0 radical (unpaired) electrons. The Kier molecular flexibility index (Phi) is 5.88. The number of ketones is 1. The maximum atomic E-state index is 12.6. The SMILES string of the molecule is COC(=O)c1cc(Cl)ccc1C=CCn1cccc1C(=O)c1cnc(C)s1. The van der Waals surface area contributed by atoms with Crippen LogP contribution in [0.25, 0.3) is 6.08 Å². The average Bonchev–Trinajstić information content (AvgIpc) is 3.30. The first kappa shape index (κ1) is 19.1. The number of halogens is 1. The summed E-state index contributed by atoms with van der Waals surface area (Å²) in [5.74, 6) is -0.504. The zero-order valence-corrected chi connectivity index (χ0v) is 16.4. The lowest BCUT2D eigenvalue weighted by Crippen LogP contribution is -2.08. The van der Waals surface area contributed by atoms with Gasteiger partial charge in [0.1, 0.15) is 0 Å². The molecule has 0 aliphatic rings. The molecule has 0 spiro atoms. The van der Waals surface area contributed by atoms with Crippen molar-refractivity contribution in [1.82, 2.24) is 9.55 Å². The number of hydrogen-bond donors (Lipinski definition) is 0. The molecule has 138 valence electrons. The Bertz CT molecular complexity index is 1020. The molecule has 2 aromatic heterocycles. The van der Waals surface area contributed by atoms with Crippen molar-refractivity contribution in [3.63, 3.8) is 0 Å². The van der Waals surface area contributed by atoms with Gasteiger partial charge in [0.15, 0.2) is 0 Å². The summed E-state index contributed by atoms with van der Waals surface area (Å²) in [6, 6.07) is 8.66. The Morgan fingerprint density at radius 1 is 1.33 bits per heavy atom. The van der Waals surface area contributed by atoms with Crippen molar-refractivity contribution in [2.45, 2.75) is 13.5 Å². The number of carbonyl (C=O) groups is 2. The van der Waals surface area contributed by atoms with E-state index in [-0.39, 0.29) is 5.78 Å². The summed E-state index contributed by atoms with van der Waals surface area (Å²) < 4.78 is 6.65. The number of carbonyl (C=O) groups excluding carboxylic acids is 2. The molecule has 0 fully saturated rings. The second-order valence-corrected chi connectivity index (χ2v) is 7.42. The van der Waals surface area contributed by atoms with E-state index in [2.05, 4.69) is 4.98 Å². The highest BCUT2D eigenvalue weighted by Crippen LogP contribution is 2.20. The van der Waals surface area contributed by atoms with Crippen LogP contribution < -0.4 is 0 Å². The summed E-state index contributed by atoms with van der Waals surface area (Å²) in [6.45, 7) is 2.35. The summed E-state index contributed by atoms with van der Waals surface area (Å²) in [6.07, 6.45) is 7.14. The predicted molar refractivity (Wildman–Crippen MR) is 107 cm³/mol. The van der Waals surface area contributed by atoms with Gasteiger partial charge in [0.25, 0.3) is 0 Å². The molecule has 5 nitrogen and oxygen atoms in total. The minimum absolute atomic E-state index is 0.0549. The lowest BCUT2D eigenvalue weighted by molar-refractivity contribution is 0.0600. The fourth-order valence-corrected chi connectivity index (χ4v) is 3.52. The van der Waals surface area contributed by atoms with E-state index in [4.69, 9.17) is 16.3 Å². The van der Waals surface area contributed by atoms with Crippen LogP contribution >= 0.6 is 22.9 Å². The van der Waals surface area contributed by atoms with Gasteiger partial charge in [0, 0.05) is 24.0 Å². The largest absolute Gasteiger partial charge is 0.465 e. The fraction of sp³-hybridized carbons (Fsp3) is 0.150. The lowest BCUT2D eigenvalue weighted by atomic mass is 10.1. The van der Waals surface area contributed by atoms with Crippen LogP contribution in [0.5, 0.6) is 0 Å². The minimum Gasteiger partial charge on any atom is -0.465 e. The number of thiazole rings is 1. The summed E-state index contributed by atoms with van der Waals surface area (Å²) in [5.41, 5.74) is 1.68. The number of aromatic nitrogens is 2. The van der Waals surface area contributed by atoms with Gasteiger partial charge in [-0.15, -0.1) is 11.3 Å². The van der Waals surface area contributed by atoms with Crippen molar-refractivity contribution in [1.29, 1.82) is 0 Å². The van der Waals surface area contributed by atoms with E-state index in [0.717, 1.165) is 5.01 Å². The predicted octanol–water partition coefficient (Wildman–Crippen LogP) is 4.64. The molecule has 0 aliphatic carbocycles. The molecule has 0 unspecified atom stereocenters. The molecule has 0 atom stereocenters. The third-order valence-corrected chi connectivity index (χ3v) is 5.07. The van der Waals surface area contributed by atoms with E-state index < -0.39 is 5.97 Å². The van der Waals surface area contributed by atoms with Crippen molar-refractivity contribution in [2.75, 3.05) is 7.11 Å². The molecule has 27 heavy (non-hydrogen) atoms. The van der Waals surface area contributed by atoms with Gasteiger partial charge in [-0.05, 0) is 36.8 Å². The molecule has 0 saturated heterocycles. The monoisotopic (exact) mass is 400 g/mol. The van der Waals surface area contributed by atoms with Crippen LogP contribution in [0.2, 0.25) is 5.02 Å². The number of allylic oxidation sites excluding steroid dienone is 1. The summed E-state index contributed by atoms with van der Waals surface area (Å²) >= 11 is 7.35. The molecular weight excluding hydrogens is 384 g/mol. The van der Waals surface area contributed by atoms with Crippen molar-refractivity contribution in [2.24, 2.45) is 0 Å². The van der Waals surface area contributed by atoms with Crippen LogP contribution in [0.1, 0.15) is 36.3 Å². The smallest absolute Gasteiger partial charge is 0.338 e. The minimum atomic E-state index is -0.449. The Morgan fingerprint density at radius 2 is 2.15 bits per heavy atom. The Hall–Kier alpha value is -2.70. The van der Waals surface area contributed by atoms with Gasteiger partial charge in [-0.25, -0.2) is 9.78 Å². The number of rotatable bonds is 6. The first-order valence-electron chi connectivity index (χ1n) is 8.16. The highest BCUT2D eigenvalue weighted by molar-refractivity contribution is 7.13. The van der Waals surface area contributed by atoms with Crippen LogP contribution in [-0.4, -0.2) is 28.4 Å². The molecule has 7 heteroatoms.